The van der Waals surface area contributed by atoms with Crippen molar-refractivity contribution in [3.63, 3.8) is 0 Å². The van der Waals surface area contributed by atoms with Gasteiger partial charge in [-0.2, -0.15) is 0 Å². The van der Waals surface area contributed by atoms with Gasteiger partial charge in [0.15, 0.2) is 0 Å². The molecule has 2 aromatic heterocycles. The third kappa shape index (κ3) is 2.35. The van der Waals surface area contributed by atoms with Crippen LogP contribution in [-0.4, -0.2) is 20.6 Å². The van der Waals surface area contributed by atoms with Crippen LogP contribution in [0.3, 0.4) is 0 Å². The predicted molar refractivity (Wildman–Crippen MR) is 76.2 cm³/mol. The van der Waals surface area contributed by atoms with E-state index < -0.39 is 0 Å². The highest BCUT2D eigenvalue weighted by atomic mass is 15.1. The van der Waals surface area contributed by atoms with E-state index in [1.807, 2.05) is 35.9 Å². The lowest BCUT2D eigenvalue weighted by molar-refractivity contribution is 0.730. The molecule has 2 heterocycles. The number of nitrogens with two attached hydrogens (primary N) is 1. The van der Waals surface area contributed by atoms with Gasteiger partial charge in [-0.25, -0.2) is 9.97 Å². The number of para-hydroxylation sites is 1. The summed E-state index contributed by atoms with van der Waals surface area (Å²) < 4.78 is 1.93. The Kier molecular flexibility index (Phi) is 3.01. The topological polar surface area (TPSA) is 56.7 Å². The number of fused-ring (bicyclic) bond motifs is 1. The second kappa shape index (κ2) is 4.82. The largest absolute Gasteiger partial charge is 0.328 e. The van der Waals surface area contributed by atoms with Crippen molar-refractivity contribution in [1.82, 2.24) is 14.5 Å². The Bertz CT molecular complexity index is 686. The summed E-state index contributed by atoms with van der Waals surface area (Å²) in [7, 11) is 0. The van der Waals surface area contributed by atoms with Crippen molar-refractivity contribution < 1.29 is 0 Å². The molecule has 0 aliphatic rings. The van der Waals surface area contributed by atoms with E-state index in [9.17, 15) is 0 Å². The van der Waals surface area contributed by atoms with Crippen molar-refractivity contribution >= 4 is 10.9 Å². The van der Waals surface area contributed by atoms with Gasteiger partial charge in [-0.3, -0.25) is 4.57 Å². The van der Waals surface area contributed by atoms with Crippen molar-refractivity contribution in [3.05, 3.63) is 54.6 Å². The third-order valence-corrected chi connectivity index (χ3v) is 3.07. The molecule has 1 aromatic carbocycles. The van der Waals surface area contributed by atoms with Gasteiger partial charge in [0, 0.05) is 23.8 Å². The summed E-state index contributed by atoms with van der Waals surface area (Å²) in [6.45, 7) is 2.01. The lowest BCUT2D eigenvalue weighted by Crippen LogP contribution is -2.19. The van der Waals surface area contributed by atoms with Gasteiger partial charge in [0.25, 0.3) is 0 Å². The van der Waals surface area contributed by atoms with Gasteiger partial charge in [0.05, 0.1) is 5.52 Å². The minimum absolute atomic E-state index is 0.102. The average Bonchev–Trinajstić information content (AvgIpc) is 2.91. The number of rotatable bonds is 3. The van der Waals surface area contributed by atoms with Gasteiger partial charge in [0.2, 0.25) is 0 Å². The molecule has 0 aliphatic carbocycles. The Hall–Kier alpha value is -2.20. The number of benzene rings is 1. The fourth-order valence-corrected chi connectivity index (χ4v) is 2.25. The molecular weight excluding hydrogens is 236 g/mol. The summed E-state index contributed by atoms with van der Waals surface area (Å²) in [5.74, 6) is 0.911. The van der Waals surface area contributed by atoms with Gasteiger partial charge in [-0.15, -0.1) is 0 Å². The molecule has 3 aromatic rings. The Morgan fingerprint density at radius 2 is 2.16 bits per heavy atom. The van der Waals surface area contributed by atoms with Gasteiger partial charge in [-0.05, 0) is 31.0 Å². The second-order valence-electron chi connectivity index (χ2n) is 4.82. The van der Waals surface area contributed by atoms with Crippen LogP contribution in [-0.2, 0) is 6.42 Å². The first-order chi connectivity index (χ1) is 9.24. The lowest BCUT2D eigenvalue weighted by Gasteiger charge is -2.13. The number of aromatic nitrogens is 3. The number of imidazole rings is 1. The van der Waals surface area contributed by atoms with Gasteiger partial charge >= 0.3 is 0 Å². The van der Waals surface area contributed by atoms with Crippen LogP contribution in [0, 0.1) is 0 Å². The maximum absolute atomic E-state index is 5.94. The summed E-state index contributed by atoms with van der Waals surface area (Å²) in [6, 6.07) is 10.4. The van der Waals surface area contributed by atoms with E-state index in [1.54, 1.807) is 12.5 Å². The third-order valence-electron chi connectivity index (χ3n) is 3.07. The molecule has 1 unspecified atom stereocenters. The second-order valence-corrected chi connectivity index (χ2v) is 4.82. The molecule has 0 aliphatic heterocycles. The average molecular weight is 252 g/mol. The molecule has 1 atom stereocenters. The van der Waals surface area contributed by atoms with Crippen LogP contribution in [0.2, 0.25) is 0 Å². The first-order valence-corrected chi connectivity index (χ1v) is 6.36. The Labute approximate surface area is 111 Å². The van der Waals surface area contributed by atoms with Crippen molar-refractivity contribution in [2.24, 2.45) is 5.73 Å². The van der Waals surface area contributed by atoms with Crippen molar-refractivity contribution in [2.45, 2.75) is 19.4 Å². The first-order valence-electron chi connectivity index (χ1n) is 6.36. The van der Waals surface area contributed by atoms with E-state index in [2.05, 4.69) is 17.1 Å². The molecule has 0 spiro atoms. The molecule has 0 saturated heterocycles. The number of hydrogen-bond acceptors (Lipinski definition) is 3. The van der Waals surface area contributed by atoms with Gasteiger partial charge in [-0.1, -0.05) is 18.2 Å². The Morgan fingerprint density at radius 1 is 1.32 bits per heavy atom. The maximum atomic E-state index is 5.94. The van der Waals surface area contributed by atoms with E-state index in [0.29, 0.717) is 0 Å². The molecule has 4 nitrogen and oxygen atoms in total. The van der Waals surface area contributed by atoms with Crippen molar-refractivity contribution in [3.8, 4) is 5.82 Å². The quantitative estimate of drug-likeness (QED) is 0.778. The summed E-state index contributed by atoms with van der Waals surface area (Å²) in [4.78, 5) is 8.83. The molecular formula is C15H16N4. The molecule has 96 valence electrons. The Morgan fingerprint density at radius 3 is 2.89 bits per heavy atom. The number of pyridine rings is 1. The van der Waals surface area contributed by atoms with Crippen LogP contribution < -0.4 is 5.73 Å². The first kappa shape index (κ1) is 11.9. The lowest BCUT2D eigenvalue weighted by atomic mass is 10.1. The minimum Gasteiger partial charge on any atom is -0.328 e. The molecule has 0 radical (unpaired) electrons. The highest BCUT2D eigenvalue weighted by molar-refractivity contribution is 5.80. The number of nitrogens with zero attached hydrogens (tertiary/aromatic N) is 3. The van der Waals surface area contributed by atoms with E-state index >= 15 is 0 Å². The van der Waals surface area contributed by atoms with Gasteiger partial charge < -0.3 is 5.73 Å². The van der Waals surface area contributed by atoms with E-state index in [4.69, 9.17) is 10.7 Å². The van der Waals surface area contributed by atoms with E-state index in [1.165, 1.54) is 0 Å². The zero-order chi connectivity index (χ0) is 13.2. The summed E-state index contributed by atoms with van der Waals surface area (Å²) in [6.07, 6.45) is 6.22. The predicted octanol–water partition coefficient (Wildman–Crippen LogP) is 2.31. The molecule has 0 amide bonds. The molecule has 0 saturated carbocycles. The smallest absolute Gasteiger partial charge is 0.141 e. The monoisotopic (exact) mass is 252 g/mol. The highest BCUT2D eigenvalue weighted by Crippen LogP contribution is 2.20. The van der Waals surface area contributed by atoms with Crippen molar-refractivity contribution in [1.29, 1.82) is 0 Å². The van der Waals surface area contributed by atoms with E-state index in [0.717, 1.165) is 28.7 Å². The van der Waals surface area contributed by atoms with Crippen LogP contribution in [0.1, 0.15) is 12.5 Å². The van der Waals surface area contributed by atoms with Crippen LogP contribution in [0.25, 0.3) is 16.7 Å². The van der Waals surface area contributed by atoms with E-state index in [-0.39, 0.29) is 6.04 Å². The fourth-order valence-electron chi connectivity index (χ4n) is 2.25. The highest BCUT2D eigenvalue weighted by Gasteiger charge is 2.10. The molecule has 0 fully saturated rings. The minimum atomic E-state index is 0.102. The van der Waals surface area contributed by atoms with Crippen LogP contribution in [0.4, 0.5) is 0 Å². The molecule has 3 rings (SSSR count). The molecule has 19 heavy (non-hydrogen) atoms. The Balaban J connectivity index is 2.21. The molecule has 0 bridgehead atoms. The summed E-state index contributed by atoms with van der Waals surface area (Å²) in [5, 5.41) is 1.14. The summed E-state index contributed by atoms with van der Waals surface area (Å²) >= 11 is 0. The van der Waals surface area contributed by atoms with Crippen LogP contribution in [0.5, 0.6) is 0 Å². The van der Waals surface area contributed by atoms with Gasteiger partial charge in [0.1, 0.15) is 12.1 Å². The van der Waals surface area contributed by atoms with Crippen LogP contribution >= 0.6 is 0 Å². The SMILES string of the molecule is CC(N)Cc1cc2ccccc2nc1-n1ccnc1. The maximum Gasteiger partial charge on any atom is 0.141 e. The number of hydrogen-bond donors (Lipinski definition) is 1. The summed E-state index contributed by atoms with van der Waals surface area (Å²) in [5.41, 5.74) is 8.07. The zero-order valence-corrected chi connectivity index (χ0v) is 10.8. The fraction of sp³-hybridized carbons (Fsp3) is 0.200. The molecule has 4 heteroatoms. The normalized spacial score (nSPS) is 12.7. The molecule has 2 N–H and O–H groups in total. The van der Waals surface area contributed by atoms with Crippen LogP contribution in [0.15, 0.2) is 49.1 Å². The van der Waals surface area contributed by atoms with Crippen molar-refractivity contribution in [2.75, 3.05) is 0 Å². The zero-order valence-electron chi connectivity index (χ0n) is 10.8. The standard InChI is InChI=1S/C15H16N4/c1-11(16)8-13-9-12-4-2-3-5-14(12)18-15(13)19-7-6-17-10-19/h2-7,9-11H,8,16H2,1H3.